The lowest BCUT2D eigenvalue weighted by molar-refractivity contribution is 0.350. The maximum Gasteiger partial charge on any atom is 0.138 e. The SMILES string of the molecule is CN(Cc1ccc(F)c(C#CCO)c1)c1ccc(F)cc1. The average molecular weight is 287 g/mol. The molecule has 4 heteroatoms. The van der Waals surface area contributed by atoms with Crippen LogP contribution in [-0.4, -0.2) is 18.8 Å². The normalized spacial score (nSPS) is 9.90. The highest BCUT2D eigenvalue weighted by atomic mass is 19.1. The molecule has 0 aliphatic rings. The Morgan fingerprint density at radius 2 is 1.81 bits per heavy atom. The molecule has 0 bridgehead atoms. The van der Waals surface area contributed by atoms with Crippen molar-refractivity contribution in [3.63, 3.8) is 0 Å². The summed E-state index contributed by atoms with van der Waals surface area (Å²) in [5.41, 5.74) is 2.00. The predicted molar refractivity (Wildman–Crippen MR) is 78.9 cm³/mol. The van der Waals surface area contributed by atoms with Crippen LogP contribution in [-0.2, 0) is 6.54 Å². The summed E-state index contributed by atoms with van der Waals surface area (Å²) in [6.45, 7) is 0.235. The number of halogens is 2. The first kappa shape index (κ1) is 15.0. The van der Waals surface area contributed by atoms with Crippen molar-refractivity contribution in [1.82, 2.24) is 0 Å². The van der Waals surface area contributed by atoms with Crippen molar-refractivity contribution in [2.24, 2.45) is 0 Å². The second-order valence-electron chi connectivity index (χ2n) is 4.61. The fraction of sp³-hybridized carbons (Fsp3) is 0.176. The van der Waals surface area contributed by atoms with E-state index in [9.17, 15) is 8.78 Å². The number of hydrogen-bond acceptors (Lipinski definition) is 2. The van der Waals surface area contributed by atoms with E-state index in [1.807, 2.05) is 11.9 Å². The summed E-state index contributed by atoms with van der Waals surface area (Å²) < 4.78 is 26.5. The van der Waals surface area contributed by atoms with E-state index >= 15 is 0 Å². The Labute approximate surface area is 122 Å². The molecule has 2 aromatic rings. The maximum atomic E-state index is 13.6. The number of aliphatic hydroxyl groups excluding tert-OH is 1. The zero-order valence-electron chi connectivity index (χ0n) is 11.6. The third-order valence-corrected chi connectivity index (χ3v) is 3.02. The van der Waals surface area contributed by atoms with E-state index in [1.165, 1.54) is 18.2 Å². The van der Waals surface area contributed by atoms with Crippen LogP contribution in [0.25, 0.3) is 0 Å². The molecule has 0 saturated carbocycles. The second kappa shape index (κ2) is 6.87. The van der Waals surface area contributed by atoms with E-state index in [0.717, 1.165) is 11.3 Å². The maximum absolute atomic E-state index is 13.6. The largest absolute Gasteiger partial charge is 0.384 e. The van der Waals surface area contributed by atoms with Gasteiger partial charge in [-0.2, -0.15) is 0 Å². The number of rotatable bonds is 3. The molecule has 2 nitrogen and oxygen atoms in total. The monoisotopic (exact) mass is 287 g/mol. The molecule has 0 aliphatic carbocycles. The van der Waals surface area contributed by atoms with Gasteiger partial charge in [0.1, 0.15) is 18.2 Å². The Balaban J connectivity index is 2.17. The van der Waals surface area contributed by atoms with Gasteiger partial charge >= 0.3 is 0 Å². The van der Waals surface area contributed by atoms with Gasteiger partial charge in [-0.15, -0.1) is 0 Å². The van der Waals surface area contributed by atoms with Gasteiger partial charge in [-0.05, 0) is 42.0 Å². The lowest BCUT2D eigenvalue weighted by Gasteiger charge is -2.19. The van der Waals surface area contributed by atoms with Gasteiger partial charge in [0, 0.05) is 19.3 Å². The molecule has 0 unspecified atom stereocenters. The van der Waals surface area contributed by atoms with Gasteiger partial charge in [-0.3, -0.25) is 0 Å². The molecule has 0 spiro atoms. The minimum atomic E-state index is -0.413. The third-order valence-electron chi connectivity index (χ3n) is 3.02. The molecular weight excluding hydrogens is 272 g/mol. The Bertz CT molecular complexity index is 671. The van der Waals surface area contributed by atoms with Crippen LogP contribution in [0.3, 0.4) is 0 Å². The van der Waals surface area contributed by atoms with Crippen LogP contribution in [0.2, 0.25) is 0 Å². The third kappa shape index (κ3) is 4.04. The van der Waals surface area contributed by atoms with Crippen molar-refractivity contribution in [3.8, 4) is 11.8 Å². The van der Waals surface area contributed by atoms with Crippen LogP contribution in [0.15, 0.2) is 42.5 Å². The quantitative estimate of drug-likeness (QED) is 0.877. The molecule has 0 fully saturated rings. The average Bonchev–Trinajstić information content (AvgIpc) is 2.48. The van der Waals surface area contributed by atoms with Crippen LogP contribution in [0.4, 0.5) is 14.5 Å². The predicted octanol–water partition coefficient (Wildman–Crippen LogP) is 2.95. The van der Waals surface area contributed by atoms with Gasteiger partial charge in [0.25, 0.3) is 0 Å². The smallest absolute Gasteiger partial charge is 0.138 e. The van der Waals surface area contributed by atoms with Crippen LogP contribution >= 0.6 is 0 Å². The molecule has 2 aromatic carbocycles. The molecule has 0 aliphatic heterocycles. The summed E-state index contributed by atoms with van der Waals surface area (Å²) >= 11 is 0. The van der Waals surface area contributed by atoms with Crippen molar-refractivity contribution in [2.45, 2.75) is 6.54 Å². The van der Waals surface area contributed by atoms with E-state index in [4.69, 9.17) is 5.11 Å². The first-order valence-electron chi connectivity index (χ1n) is 6.45. The van der Waals surface area contributed by atoms with Crippen molar-refractivity contribution in [3.05, 3.63) is 65.2 Å². The lowest BCUT2D eigenvalue weighted by Crippen LogP contribution is -2.16. The van der Waals surface area contributed by atoms with Crippen LogP contribution in [0, 0.1) is 23.5 Å². The molecule has 108 valence electrons. The Morgan fingerprint density at radius 1 is 1.10 bits per heavy atom. The molecule has 0 amide bonds. The fourth-order valence-electron chi connectivity index (χ4n) is 1.96. The Kier molecular flexibility index (Phi) is 4.91. The molecule has 0 saturated heterocycles. The molecular formula is C17H15F2NO. The summed E-state index contributed by atoms with van der Waals surface area (Å²) in [7, 11) is 1.87. The van der Waals surface area contributed by atoms with Gasteiger partial charge in [0.05, 0.1) is 5.56 Å². The lowest BCUT2D eigenvalue weighted by atomic mass is 10.1. The number of hydrogen-bond donors (Lipinski definition) is 1. The second-order valence-corrected chi connectivity index (χ2v) is 4.61. The molecule has 21 heavy (non-hydrogen) atoms. The number of nitrogens with zero attached hydrogens (tertiary/aromatic N) is 1. The first-order chi connectivity index (χ1) is 10.1. The minimum absolute atomic E-state index is 0.258. The van der Waals surface area contributed by atoms with Crippen LogP contribution in [0.5, 0.6) is 0 Å². The van der Waals surface area contributed by atoms with E-state index < -0.39 is 5.82 Å². The van der Waals surface area contributed by atoms with E-state index in [-0.39, 0.29) is 18.0 Å². The molecule has 0 atom stereocenters. The standard InChI is InChI=1S/C17H15F2NO/c1-20(16-7-5-15(18)6-8-16)12-13-4-9-17(19)14(11-13)3-2-10-21/h4-9,11,21H,10,12H2,1H3. The summed E-state index contributed by atoms with van der Waals surface area (Å²) in [4.78, 5) is 1.93. The summed E-state index contributed by atoms with van der Waals surface area (Å²) in [6, 6.07) is 10.9. The zero-order valence-corrected chi connectivity index (χ0v) is 11.6. The first-order valence-corrected chi connectivity index (χ1v) is 6.45. The number of aliphatic hydroxyl groups is 1. The Morgan fingerprint density at radius 3 is 2.48 bits per heavy atom. The summed E-state index contributed by atoms with van der Waals surface area (Å²) in [5, 5.41) is 8.67. The highest BCUT2D eigenvalue weighted by Crippen LogP contribution is 2.17. The zero-order chi connectivity index (χ0) is 15.2. The van der Waals surface area contributed by atoms with Gasteiger partial charge in [0.15, 0.2) is 0 Å². The van der Waals surface area contributed by atoms with Crippen molar-refractivity contribution in [2.75, 3.05) is 18.6 Å². The van der Waals surface area contributed by atoms with Crippen molar-refractivity contribution >= 4 is 5.69 Å². The number of anilines is 1. The van der Waals surface area contributed by atoms with Gasteiger partial charge in [-0.25, -0.2) is 8.78 Å². The van der Waals surface area contributed by atoms with Crippen molar-refractivity contribution in [1.29, 1.82) is 0 Å². The van der Waals surface area contributed by atoms with Crippen LogP contribution < -0.4 is 4.90 Å². The van der Waals surface area contributed by atoms with E-state index in [1.54, 1.807) is 24.3 Å². The molecule has 0 heterocycles. The highest BCUT2D eigenvalue weighted by Gasteiger charge is 2.05. The summed E-state index contributed by atoms with van der Waals surface area (Å²) in [6.07, 6.45) is 0. The molecule has 0 radical (unpaired) electrons. The van der Waals surface area contributed by atoms with E-state index in [0.29, 0.717) is 6.54 Å². The van der Waals surface area contributed by atoms with Crippen molar-refractivity contribution < 1.29 is 13.9 Å². The summed E-state index contributed by atoms with van der Waals surface area (Å²) in [5.74, 6) is 4.32. The molecule has 2 rings (SSSR count). The number of benzene rings is 2. The van der Waals surface area contributed by atoms with Gasteiger partial charge in [0.2, 0.25) is 0 Å². The Hall–Kier alpha value is -2.38. The van der Waals surface area contributed by atoms with Gasteiger partial charge in [-0.1, -0.05) is 17.9 Å². The molecule has 1 N–H and O–H groups in total. The van der Waals surface area contributed by atoms with Crippen LogP contribution in [0.1, 0.15) is 11.1 Å². The molecule has 0 aromatic heterocycles. The minimum Gasteiger partial charge on any atom is -0.384 e. The van der Waals surface area contributed by atoms with Gasteiger partial charge < -0.3 is 10.0 Å². The fourth-order valence-corrected chi connectivity index (χ4v) is 1.96. The topological polar surface area (TPSA) is 23.5 Å². The highest BCUT2D eigenvalue weighted by molar-refractivity contribution is 5.47. The van der Waals surface area contributed by atoms with E-state index in [2.05, 4.69) is 11.8 Å².